The highest BCUT2D eigenvalue weighted by Gasteiger charge is 2.30. The number of hydrogen-bond donors (Lipinski definition) is 3. The second-order valence-electron chi connectivity index (χ2n) is 7.17. The van der Waals surface area contributed by atoms with E-state index in [1.54, 1.807) is 11.0 Å². The van der Waals surface area contributed by atoms with E-state index in [1.165, 1.54) is 24.4 Å². The smallest absolute Gasteiger partial charge is 0.414 e. The molecule has 0 spiro atoms. The molecule has 8 nitrogen and oxygen atoms in total. The number of aromatic nitrogens is 1. The minimum absolute atomic E-state index is 0.0711. The molecule has 2 heterocycles. The highest BCUT2D eigenvalue weighted by molar-refractivity contribution is 5.90. The van der Waals surface area contributed by atoms with Gasteiger partial charge in [0.1, 0.15) is 12.4 Å². The minimum atomic E-state index is -0.971. The van der Waals surface area contributed by atoms with Crippen LogP contribution in [0.1, 0.15) is 25.3 Å². The van der Waals surface area contributed by atoms with Crippen LogP contribution in [-0.4, -0.2) is 42.8 Å². The van der Waals surface area contributed by atoms with Gasteiger partial charge in [0.05, 0.1) is 6.10 Å². The summed E-state index contributed by atoms with van der Waals surface area (Å²) < 4.78 is 40.1. The van der Waals surface area contributed by atoms with Gasteiger partial charge in [0.2, 0.25) is 0 Å². The van der Waals surface area contributed by atoms with Crippen molar-refractivity contribution in [2.45, 2.75) is 32.5 Å². The van der Waals surface area contributed by atoms with E-state index in [2.05, 4.69) is 11.9 Å². The average Bonchev–Trinajstić information content (AvgIpc) is 2.69. The van der Waals surface area contributed by atoms with Crippen molar-refractivity contribution < 1.29 is 23.0 Å². The van der Waals surface area contributed by atoms with Crippen LogP contribution in [0.2, 0.25) is 0 Å². The van der Waals surface area contributed by atoms with Gasteiger partial charge in [0.25, 0.3) is 0 Å². The maximum absolute atomic E-state index is 14.9. The Labute approximate surface area is 178 Å². The topological polar surface area (TPSA) is 114 Å². The molecule has 1 aromatic heterocycles. The van der Waals surface area contributed by atoms with Crippen molar-refractivity contribution >= 4 is 17.9 Å². The van der Waals surface area contributed by atoms with Gasteiger partial charge in [-0.2, -0.15) is 0 Å². The van der Waals surface area contributed by atoms with Crippen LogP contribution in [0, 0.1) is 17.0 Å². The van der Waals surface area contributed by atoms with Gasteiger partial charge in [-0.05, 0) is 12.5 Å². The highest BCUT2D eigenvalue weighted by Crippen LogP contribution is 2.30. The van der Waals surface area contributed by atoms with Crippen molar-refractivity contribution in [3.8, 4) is 11.1 Å². The van der Waals surface area contributed by atoms with Gasteiger partial charge in [-0.15, -0.1) is 0 Å². The Bertz CT molecular complexity index is 951. The SMILES string of the molecule is CCCCOC1CN(c2ncc(-c3cccc(COC(=O)NC(=N)N)c3F)cc2F)C1. The molecule has 1 saturated heterocycles. The highest BCUT2D eigenvalue weighted by atomic mass is 19.1. The Morgan fingerprint density at radius 1 is 1.39 bits per heavy atom. The molecule has 1 aliphatic rings. The van der Waals surface area contributed by atoms with Crippen molar-refractivity contribution in [1.82, 2.24) is 10.3 Å². The number of carbonyl (C=O) groups excluding carboxylic acids is 1. The van der Waals surface area contributed by atoms with Crippen molar-refractivity contribution in [2.24, 2.45) is 5.73 Å². The van der Waals surface area contributed by atoms with E-state index < -0.39 is 23.7 Å². The summed E-state index contributed by atoms with van der Waals surface area (Å²) >= 11 is 0. The number of pyridine rings is 1. The number of nitrogens with two attached hydrogens (primary N) is 1. The number of ether oxygens (including phenoxy) is 2. The molecule has 1 amide bonds. The first-order valence-corrected chi connectivity index (χ1v) is 9.96. The van der Waals surface area contributed by atoms with Crippen molar-refractivity contribution in [3.63, 3.8) is 0 Å². The van der Waals surface area contributed by atoms with Crippen LogP contribution in [-0.2, 0) is 16.1 Å². The monoisotopic (exact) mass is 433 g/mol. The van der Waals surface area contributed by atoms with Crippen molar-refractivity contribution in [3.05, 3.63) is 47.7 Å². The number of nitrogens with zero attached hydrogens (tertiary/aromatic N) is 2. The summed E-state index contributed by atoms with van der Waals surface area (Å²) in [5.41, 5.74) is 5.53. The summed E-state index contributed by atoms with van der Waals surface area (Å²) in [5, 5.41) is 8.91. The van der Waals surface area contributed by atoms with E-state index in [1.807, 2.05) is 5.32 Å². The molecular formula is C21H25F2N5O3. The summed E-state index contributed by atoms with van der Waals surface area (Å²) in [4.78, 5) is 17.4. The standard InChI is InChI=1S/C21H25F2N5O3/c1-2-3-7-30-15-10-28(11-15)19-17(22)8-14(9-26-19)16-6-4-5-13(18(16)23)12-31-21(29)27-20(24)25/h4-6,8-9,15H,2-3,7,10-12H2,1H3,(H4,24,25,27,29). The molecule has 0 aliphatic carbocycles. The Hall–Kier alpha value is -3.27. The van der Waals surface area contributed by atoms with Crippen molar-refractivity contribution in [1.29, 1.82) is 5.41 Å². The van der Waals surface area contributed by atoms with E-state index in [9.17, 15) is 13.6 Å². The van der Waals surface area contributed by atoms with E-state index in [0.29, 0.717) is 19.7 Å². The third-order valence-electron chi connectivity index (χ3n) is 4.81. The van der Waals surface area contributed by atoms with Gasteiger partial charge in [-0.1, -0.05) is 31.5 Å². The average molecular weight is 433 g/mol. The first-order valence-electron chi connectivity index (χ1n) is 9.96. The zero-order chi connectivity index (χ0) is 22.4. The Balaban J connectivity index is 1.66. The largest absolute Gasteiger partial charge is 0.444 e. The number of unbranched alkanes of at least 4 members (excludes halogenated alkanes) is 1. The Morgan fingerprint density at radius 2 is 2.16 bits per heavy atom. The second kappa shape index (κ2) is 10.2. The third-order valence-corrected chi connectivity index (χ3v) is 4.81. The fraction of sp³-hybridized carbons (Fsp3) is 0.381. The first kappa shape index (κ1) is 22.4. The van der Waals surface area contributed by atoms with E-state index in [4.69, 9.17) is 20.6 Å². The lowest BCUT2D eigenvalue weighted by atomic mass is 10.0. The molecule has 0 bridgehead atoms. The molecule has 0 radical (unpaired) electrons. The van der Waals surface area contributed by atoms with Gasteiger partial charge in [0, 0.05) is 42.6 Å². The van der Waals surface area contributed by atoms with Crippen LogP contribution in [0.5, 0.6) is 0 Å². The molecule has 0 saturated carbocycles. The predicted molar refractivity (Wildman–Crippen MR) is 112 cm³/mol. The molecule has 1 fully saturated rings. The molecule has 4 N–H and O–H groups in total. The number of guanidine groups is 1. The number of halogens is 2. The van der Waals surface area contributed by atoms with Crippen molar-refractivity contribution in [2.75, 3.05) is 24.6 Å². The van der Waals surface area contributed by atoms with Crippen LogP contribution < -0.4 is 16.0 Å². The number of rotatable bonds is 8. The number of benzene rings is 1. The van der Waals surface area contributed by atoms with E-state index >= 15 is 0 Å². The number of nitrogens with one attached hydrogen (secondary N) is 2. The van der Waals surface area contributed by atoms with Gasteiger partial charge >= 0.3 is 6.09 Å². The summed E-state index contributed by atoms with van der Waals surface area (Å²) in [6.45, 7) is 3.54. The number of alkyl carbamates (subject to hydrolysis) is 1. The Kier molecular flexibility index (Phi) is 7.35. The van der Waals surface area contributed by atoms with Gasteiger partial charge in [0.15, 0.2) is 17.6 Å². The number of hydrogen-bond acceptors (Lipinski definition) is 6. The zero-order valence-corrected chi connectivity index (χ0v) is 17.2. The maximum Gasteiger partial charge on any atom is 0.414 e. The fourth-order valence-corrected chi connectivity index (χ4v) is 3.13. The van der Waals surface area contributed by atoms with Gasteiger partial charge in [-0.25, -0.2) is 18.6 Å². The van der Waals surface area contributed by atoms with Crippen LogP contribution in [0.4, 0.5) is 19.4 Å². The molecule has 31 heavy (non-hydrogen) atoms. The molecule has 1 aliphatic heterocycles. The molecule has 166 valence electrons. The molecule has 0 unspecified atom stereocenters. The van der Waals surface area contributed by atoms with Gasteiger partial charge < -0.3 is 20.1 Å². The molecule has 1 aromatic carbocycles. The first-order chi connectivity index (χ1) is 14.9. The molecule has 2 aromatic rings. The quantitative estimate of drug-likeness (QED) is 0.335. The fourth-order valence-electron chi connectivity index (χ4n) is 3.13. The molecule has 10 heteroatoms. The lowest BCUT2D eigenvalue weighted by Crippen LogP contribution is -2.53. The number of amides is 1. The summed E-state index contributed by atoms with van der Waals surface area (Å²) in [7, 11) is 0. The summed E-state index contributed by atoms with van der Waals surface area (Å²) in [5.74, 6) is -1.58. The lowest BCUT2D eigenvalue weighted by Gasteiger charge is -2.39. The number of carbonyl (C=O) groups is 1. The number of anilines is 1. The second-order valence-corrected chi connectivity index (χ2v) is 7.17. The van der Waals surface area contributed by atoms with Crippen LogP contribution in [0.3, 0.4) is 0 Å². The van der Waals surface area contributed by atoms with E-state index in [0.717, 1.165) is 12.8 Å². The normalized spacial score (nSPS) is 13.6. The minimum Gasteiger partial charge on any atom is -0.444 e. The van der Waals surface area contributed by atoms with Crippen LogP contribution >= 0.6 is 0 Å². The molecular weight excluding hydrogens is 408 g/mol. The third kappa shape index (κ3) is 5.66. The summed E-state index contributed by atoms with van der Waals surface area (Å²) in [6, 6.07) is 5.74. The van der Waals surface area contributed by atoms with Crippen LogP contribution in [0.15, 0.2) is 30.5 Å². The molecule has 0 atom stereocenters. The zero-order valence-electron chi connectivity index (χ0n) is 17.2. The maximum atomic E-state index is 14.9. The summed E-state index contributed by atoms with van der Waals surface area (Å²) in [6.07, 6.45) is 2.57. The Morgan fingerprint density at radius 3 is 2.84 bits per heavy atom. The predicted octanol–water partition coefficient (Wildman–Crippen LogP) is 3.15. The molecule has 3 rings (SSSR count). The van der Waals surface area contributed by atoms with Gasteiger partial charge in [-0.3, -0.25) is 10.7 Å². The van der Waals surface area contributed by atoms with E-state index in [-0.39, 0.29) is 35.2 Å². The lowest BCUT2D eigenvalue weighted by molar-refractivity contribution is 0.0321. The van der Waals surface area contributed by atoms with Crippen LogP contribution in [0.25, 0.3) is 11.1 Å².